The molecule has 0 spiro atoms. The van der Waals surface area contributed by atoms with Crippen molar-refractivity contribution in [3.05, 3.63) is 16.1 Å². The summed E-state index contributed by atoms with van der Waals surface area (Å²) >= 11 is 1.46. The molecule has 16 heavy (non-hydrogen) atoms. The van der Waals surface area contributed by atoms with Crippen LogP contribution in [0.1, 0.15) is 47.7 Å². The molecule has 1 aliphatic rings. The van der Waals surface area contributed by atoms with Gasteiger partial charge in [0.05, 0.1) is 6.04 Å². The topological polar surface area (TPSA) is 59.2 Å². The van der Waals surface area contributed by atoms with Crippen LogP contribution in [0.15, 0.2) is 5.38 Å². The Morgan fingerprint density at radius 2 is 2.38 bits per heavy atom. The zero-order chi connectivity index (χ0) is 11.7. The first kappa shape index (κ1) is 11.5. The van der Waals surface area contributed by atoms with Gasteiger partial charge in [0, 0.05) is 18.5 Å². The zero-order valence-electron chi connectivity index (χ0n) is 9.64. The van der Waals surface area contributed by atoms with Gasteiger partial charge in [0.2, 0.25) is 0 Å². The Kier molecular flexibility index (Phi) is 3.25. The van der Waals surface area contributed by atoms with Crippen molar-refractivity contribution in [2.45, 2.75) is 38.3 Å². The lowest BCUT2D eigenvalue weighted by Crippen LogP contribution is -2.41. The van der Waals surface area contributed by atoms with E-state index in [4.69, 9.17) is 5.73 Å². The fraction of sp³-hybridized carbons (Fsp3) is 0.636. The van der Waals surface area contributed by atoms with Gasteiger partial charge in [-0.05, 0) is 26.2 Å². The lowest BCUT2D eigenvalue weighted by atomic mass is 9.92. The summed E-state index contributed by atoms with van der Waals surface area (Å²) < 4.78 is 0. The van der Waals surface area contributed by atoms with Gasteiger partial charge in [-0.3, -0.25) is 4.79 Å². The Labute approximate surface area is 99.5 Å². The third-order valence-corrected chi connectivity index (χ3v) is 4.12. The van der Waals surface area contributed by atoms with E-state index in [0.717, 1.165) is 17.8 Å². The summed E-state index contributed by atoms with van der Waals surface area (Å²) in [4.78, 5) is 18.1. The van der Waals surface area contributed by atoms with E-state index in [2.05, 4.69) is 4.98 Å². The molecule has 4 nitrogen and oxygen atoms in total. The van der Waals surface area contributed by atoms with Crippen LogP contribution >= 0.6 is 11.3 Å². The van der Waals surface area contributed by atoms with Gasteiger partial charge in [-0.2, -0.15) is 0 Å². The second kappa shape index (κ2) is 4.51. The number of amides is 1. The van der Waals surface area contributed by atoms with E-state index in [1.807, 2.05) is 18.9 Å². The maximum Gasteiger partial charge on any atom is 0.273 e. The highest BCUT2D eigenvalue weighted by atomic mass is 32.1. The van der Waals surface area contributed by atoms with Crippen molar-refractivity contribution in [2.24, 2.45) is 5.73 Å². The summed E-state index contributed by atoms with van der Waals surface area (Å²) in [6.07, 6.45) is 3.46. The molecule has 2 rings (SSSR count). The van der Waals surface area contributed by atoms with Gasteiger partial charge in [-0.25, -0.2) is 4.98 Å². The predicted molar refractivity (Wildman–Crippen MR) is 64.4 cm³/mol. The van der Waals surface area contributed by atoms with E-state index in [0.29, 0.717) is 11.7 Å². The molecule has 0 radical (unpaired) electrons. The van der Waals surface area contributed by atoms with E-state index in [9.17, 15) is 4.79 Å². The SMILES string of the molecule is CC(N)c1nc(C(=O)N(C)C2CCC2)cs1. The van der Waals surface area contributed by atoms with E-state index in [1.54, 1.807) is 5.38 Å². The van der Waals surface area contributed by atoms with Gasteiger partial charge < -0.3 is 10.6 Å². The number of nitrogens with zero attached hydrogens (tertiary/aromatic N) is 2. The van der Waals surface area contributed by atoms with Crippen LogP contribution in [0.25, 0.3) is 0 Å². The third kappa shape index (κ3) is 2.10. The number of hydrogen-bond donors (Lipinski definition) is 1. The van der Waals surface area contributed by atoms with Crippen LogP contribution in [0, 0.1) is 0 Å². The third-order valence-electron chi connectivity index (χ3n) is 3.07. The fourth-order valence-corrected chi connectivity index (χ4v) is 2.47. The predicted octanol–water partition coefficient (Wildman–Crippen LogP) is 1.79. The van der Waals surface area contributed by atoms with Crippen molar-refractivity contribution in [1.82, 2.24) is 9.88 Å². The molecule has 1 aromatic rings. The summed E-state index contributed by atoms with van der Waals surface area (Å²) in [7, 11) is 1.86. The molecular weight excluding hydrogens is 222 g/mol. The maximum absolute atomic E-state index is 12.0. The highest BCUT2D eigenvalue weighted by Gasteiger charge is 2.27. The summed E-state index contributed by atoms with van der Waals surface area (Å²) in [5.41, 5.74) is 6.26. The fourth-order valence-electron chi connectivity index (χ4n) is 1.72. The minimum absolute atomic E-state index is 0.0212. The first-order valence-electron chi connectivity index (χ1n) is 5.57. The van der Waals surface area contributed by atoms with Gasteiger partial charge in [0.1, 0.15) is 10.7 Å². The molecule has 88 valence electrons. The molecule has 1 unspecified atom stereocenters. The van der Waals surface area contributed by atoms with Crippen molar-refractivity contribution >= 4 is 17.2 Å². The molecule has 2 N–H and O–H groups in total. The number of rotatable bonds is 3. The molecule has 1 amide bonds. The van der Waals surface area contributed by atoms with E-state index >= 15 is 0 Å². The zero-order valence-corrected chi connectivity index (χ0v) is 10.5. The molecule has 1 fully saturated rings. The minimum atomic E-state index is -0.0967. The average molecular weight is 239 g/mol. The van der Waals surface area contributed by atoms with E-state index in [-0.39, 0.29) is 11.9 Å². The van der Waals surface area contributed by atoms with E-state index < -0.39 is 0 Å². The quantitative estimate of drug-likeness (QED) is 0.874. The maximum atomic E-state index is 12.0. The van der Waals surface area contributed by atoms with Crippen molar-refractivity contribution < 1.29 is 4.79 Å². The number of nitrogens with two attached hydrogens (primary N) is 1. The van der Waals surface area contributed by atoms with Crippen molar-refractivity contribution in [3.63, 3.8) is 0 Å². The van der Waals surface area contributed by atoms with E-state index in [1.165, 1.54) is 17.8 Å². The average Bonchev–Trinajstić information content (AvgIpc) is 2.62. The number of hydrogen-bond acceptors (Lipinski definition) is 4. The summed E-state index contributed by atoms with van der Waals surface area (Å²) in [6.45, 7) is 1.88. The molecule has 1 aromatic heterocycles. The van der Waals surface area contributed by atoms with Gasteiger partial charge in [-0.1, -0.05) is 0 Å². The highest BCUT2D eigenvalue weighted by Crippen LogP contribution is 2.25. The monoisotopic (exact) mass is 239 g/mol. The Morgan fingerprint density at radius 3 is 2.81 bits per heavy atom. The number of aromatic nitrogens is 1. The first-order chi connectivity index (χ1) is 7.59. The molecule has 1 saturated carbocycles. The van der Waals surface area contributed by atoms with Crippen LogP contribution in [0.2, 0.25) is 0 Å². The normalized spacial score (nSPS) is 17.9. The highest BCUT2D eigenvalue weighted by molar-refractivity contribution is 7.09. The molecule has 1 atom stereocenters. The Bertz CT molecular complexity index is 384. The van der Waals surface area contributed by atoms with Gasteiger partial charge >= 0.3 is 0 Å². The van der Waals surface area contributed by atoms with Crippen LogP contribution in [0.3, 0.4) is 0 Å². The molecule has 0 bridgehead atoms. The lowest BCUT2D eigenvalue weighted by Gasteiger charge is -2.34. The van der Waals surface area contributed by atoms with Crippen molar-refractivity contribution in [2.75, 3.05) is 7.05 Å². The molecule has 5 heteroatoms. The first-order valence-corrected chi connectivity index (χ1v) is 6.45. The van der Waals surface area contributed by atoms with Crippen LogP contribution in [0.5, 0.6) is 0 Å². The number of carbonyl (C=O) groups is 1. The summed E-state index contributed by atoms with van der Waals surface area (Å²) in [5.74, 6) is 0.0212. The van der Waals surface area contributed by atoms with Crippen molar-refractivity contribution in [3.8, 4) is 0 Å². The van der Waals surface area contributed by atoms with Crippen LogP contribution in [0.4, 0.5) is 0 Å². The largest absolute Gasteiger partial charge is 0.337 e. The molecule has 0 aliphatic heterocycles. The molecule has 0 saturated heterocycles. The standard InChI is InChI=1S/C11H17N3OS/c1-7(12)10-13-9(6-16-10)11(15)14(2)8-4-3-5-8/h6-8H,3-5,12H2,1-2H3. The van der Waals surface area contributed by atoms with Crippen LogP contribution < -0.4 is 5.73 Å². The molecular formula is C11H17N3OS. The Hall–Kier alpha value is -0.940. The second-order valence-electron chi connectivity index (χ2n) is 4.36. The summed E-state index contributed by atoms with van der Waals surface area (Å²) in [6, 6.07) is 0.313. The van der Waals surface area contributed by atoms with Gasteiger partial charge in [0.25, 0.3) is 5.91 Å². The molecule has 1 aliphatic carbocycles. The lowest BCUT2D eigenvalue weighted by molar-refractivity contribution is 0.0646. The molecule has 1 heterocycles. The molecule has 0 aromatic carbocycles. The smallest absolute Gasteiger partial charge is 0.273 e. The number of thiazole rings is 1. The second-order valence-corrected chi connectivity index (χ2v) is 5.25. The van der Waals surface area contributed by atoms with Crippen LogP contribution in [-0.2, 0) is 0 Å². The van der Waals surface area contributed by atoms with Gasteiger partial charge in [0.15, 0.2) is 0 Å². The Morgan fingerprint density at radius 1 is 1.69 bits per heavy atom. The minimum Gasteiger partial charge on any atom is -0.337 e. The summed E-state index contributed by atoms with van der Waals surface area (Å²) in [5, 5.41) is 2.63. The van der Waals surface area contributed by atoms with Gasteiger partial charge in [-0.15, -0.1) is 11.3 Å². The Balaban J connectivity index is 2.07. The van der Waals surface area contributed by atoms with Crippen LogP contribution in [-0.4, -0.2) is 28.9 Å². The van der Waals surface area contributed by atoms with Crippen molar-refractivity contribution in [1.29, 1.82) is 0 Å². The number of carbonyl (C=O) groups excluding carboxylic acids is 1.